The molecule has 0 saturated heterocycles. The summed E-state index contributed by atoms with van der Waals surface area (Å²) in [5.74, 6) is 0.727. The third-order valence-corrected chi connectivity index (χ3v) is 2.89. The van der Waals surface area contributed by atoms with E-state index in [1.165, 1.54) is 0 Å². The predicted octanol–water partition coefficient (Wildman–Crippen LogP) is 2.19. The number of ether oxygens (including phenoxy) is 1. The first-order valence-corrected chi connectivity index (χ1v) is 6.40. The molecule has 0 bridgehead atoms. The van der Waals surface area contributed by atoms with Crippen LogP contribution in [0, 0.1) is 0 Å². The van der Waals surface area contributed by atoms with Gasteiger partial charge in [0.05, 0.1) is 18.8 Å². The van der Waals surface area contributed by atoms with Gasteiger partial charge in [0.1, 0.15) is 5.75 Å². The number of rotatable bonds is 7. The SMILES string of the molecule is CCOc1ccc(C(=O)CN(CC)CC)cc1N. The van der Waals surface area contributed by atoms with Crippen molar-refractivity contribution in [2.75, 3.05) is 32.0 Å². The lowest BCUT2D eigenvalue weighted by atomic mass is 10.1. The van der Waals surface area contributed by atoms with Gasteiger partial charge in [-0.15, -0.1) is 0 Å². The Bertz CT molecular complexity index is 401. The summed E-state index contributed by atoms with van der Waals surface area (Å²) in [6.07, 6.45) is 0. The van der Waals surface area contributed by atoms with Gasteiger partial charge in [0.25, 0.3) is 0 Å². The summed E-state index contributed by atoms with van der Waals surface area (Å²) in [5.41, 5.74) is 7.01. The molecule has 1 aromatic carbocycles. The second-order valence-electron chi connectivity index (χ2n) is 4.07. The fraction of sp³-hybridized carbons (Fsp3) is 0.500. The number of carbonyl (C=O) groups is 1. The molecule has 18 heavy (non-hydrogen) atoms. The van der Waals surface area contributed by atoms with Gasteiger partial charge in [-0.05, 0) is 38.2 Å². The summed E-state index contributed by atoms with van der Waals surface area (Å²) >= 11 is 0. The van der Waals surface area contributed by atoms with Crippen LogP contribution in [0.15, 0.2) is 18.2 Å². The molecule has 0 aliphatic rings. The third-order valence-electron chi connectivity index (χ3n) is 2.89. The minimum atomic E-state index is 0.0912. The number of hydrogen-bond acceptors (Lipinski definition) is 4. The van der Waals surface area contributed by atoms with Crippen LogP contribution in [-0.2, 0) is 0 Å². The quantitative estimate of drug-likeness (QED) is 0.595. The number of anilines is 1. The van der Waals surface area contributed by atoms with Crippen molar-refractivity contribution in [2.45, 2.75) is 20.8 Å². The predicted molar refractivity (Wildman–Crippen MR) is 74.1 cm³/mol. The lowest BCUT2D eigenvalue weighted by molar-refractivity contribution is 0.0937. The fourth-order valence-corrected chi connectivity index (χ4v) is 1.75. The van der Waals surface area contributed by atoms with Gasteiger partial charge in [0, 0.05) is 5.56 Å². The second-order valence-corrected chi connectivity index (χ2v) is 4.07. The summed E-state index contributed by atoms with van der Waals surface area (Å²) in [4.78, 5) is 14.1. The average molecular weight is 250 g/mol. The summed E-state index contributed by atoms with van der Waals surface area (Å²) in [6, 6.07) is 5.22. The summed E-state index contributed by atoms with van der Waals surface area (Å²) < 4.78 is 5.35. The van der Waals surface area contributed by atoms with Crippen molar-refractivity contribution in [3.05, 3.63) is 23.8 Å². The Hall–Kier alpha value is -1.55. The van der Waals surface area contributed by atoms with E-state index in [1.54, 1.807) is 18.2 Å². The Morgan fingerprint density at radius 1 is 1.28 bits per heavy atom. The van der Waals surface area contributed by atoms with Gasteiger partial charge in [-0.3, -0.25) is 9.69 Å². The molecule has 0 atom stereocenters. The number of benzene rings is 1. The monoisotopic (exact) mass is 250 g/mol. The van der Waals surface area contributed by atoms with E-state index in [-0.39, 0.29) is 5.78 Å². The number of ketones is 1. The standard InChI is InChI=1S/C14H22N2O2/c1-4-16(5-2)10-13(17)11-7-8-14(18-6-3)12(15)9-11/h7-9H,4-6,10,15H2,1-3H3. The molecule has 4 nitrogen and oxygen atoms in total. The van der Waals surface area contributed by atoms with Crippen LogP contribution in [-0.4, -0.2) is 36.9 Å². The minimum Gasteiger partial charge on any atom is -0.492 e. The Kier molecular flexibility index (Phi) is 5.65. The Labute approximate surface area is 109 Å². The number of nitrogens with zero attached hydrogens (tertiary/aromatic N) is 1. The molecule has 0 aliphatic carbocycles. The van der Waals surface area contributed by atoms with Crippen molar-refractivity contribution in [3.8, 4) is 5.75 Å². The Morgan fingerprint density at radius 3 is 2.44 bits per heavy atom. The first-order chi connectivity index (χ1) is 8.62. The molecule has 0 fully saturated rings. The van der Waals surface area contributed by atoms with E-state index in [9.17, 15) is 4.79 Å². The number of Topliss-reactive ketones (excluding diaryl/α,β-unsaturated/α-hetero) is 1. The van der Waals surface area contributed by atoms with E-state index < -0.39 is 0 Å². The summed E-state index contributed by atoms with van der Waals surface area (Å²) in [7, 11) is 0. The van der Waals surface area contributed by atoms with Crippen molar-refractivity contribution >= 4 is 11.5 Å². The summed E-state index contributed by atoms with van der Waals surface area (Å²) in [6.45, 7) is 8.73. The lowest BCUT2D eigenvalue weighted by Crippen LogP contribution is -2.29. The van der Waals surface area contributed by atoms with Crippen molar-refractivity contribution < 1.29 is 9.53 Å². The second kappa shape index (κ2) is 7.01. The van der Waals surface area contributed by atoms with E-state index in [0.717, 1.165) is 13.1 Å². The highest BCUT2D eigenvalue weighted by molar-refractivity contribution is 5.98. The van der Waals surface area contributed by atoms with Gasteiger partial charge in [0.2, 0.25) is 0 Å². The highest BCUT2D eigenvalue weighted by atomic mass is 16.5. The maximum atomic E-state index is 12.1. The molecular formula is C14H22N2O2. The van der Waals surface area contributed by atoms with E-state index in [2.05, 4.69) is 4.90 Å². The van der Waals surface area contributed by atoms with Crippen LogP contribution >= 0.6 is 0 Å². The van der Waals surface area contributed by atoms with Crippen LogP contribution in [0.4, 0.5) is 5.69 Å². The minimum absolute atomic E-state index is 0.0912. The van der Waals surface area contributed by atoms with E-state index in [0.29, 0.717) is 30.2 Å². The molecule has 0 aliphatic heterocycles. The van der Waals surface area contributed by atoms with Gasteiger partial charge in [-0.1, -0.05) is 13.8 Å². The Morgan fingerprint density at radius 2 is 1.94 bits per heavy atom. The molecule has 4 heteroatoms. The topological polar surface area (TPSA) is 55.6 Å². The first kappa shape index (κ1) is 14.5. The number of likely N-dealkylation sites (N-methyl/N-ethyl adjacent to an activating group) is 1. The zero-order chi connectivity index (χ0) is 13.5. The van der Waals surface area contributed by atoms with Gasteiger partial charge in [-0.2, -0.15) is 0 Å². The van der Waals surface area contributed by atoms with E-state index in [1.807, 2.05) is 20.8 Å². The third kappa shape index (κ3) is 3.74. The van der Waals surface area contributed by atoms with Crippen LogP contribution in [0.25, 0.3) is 0 Å². The van der Waals surface area contributed by atoms with Crippen LogP contribution in [0.5, 0.6) is 5.75 Å². The van der Waals surface area contributed by atoms with Crippen molar-refractivity contribution in [2.24, 2.45) is 0 Å². The van der Waals surface area contributed by atoms with Gasteiger partial charge in [0.15, 0.2) is 5.78 Å². The molecule has 0 aromatic heterocycles. The number of carbonyl (C=O) groups excluding carboxylic acids is 1. The van der Waals surface area contributed by atoms with E-state index >= 15 is 0 Å². The van der Waals surface area contributed by atoms with Gasteiger partial charge < -0.3 is 10.5 Å². The molecule has 0 amide bonds. The first-order valence-electron chi connectivity index (χ1n) is 6.40. The van der Waals surface area contributed by atoms with Gasteiger partial charge in [-0.25, -0.2) is 0 Å². The molecule has 0 spiro atoms. The normalized spacial score (nSPS) is 10.7. The van der Waals surface area contributed by atoms with Crippen molar-refractivity contribution in [1.29, 1.82) is 0 Å². The molecule has 1 aromatic rings. The Balaban J connectivity index is 2.78. The average Bonchev–Trinajstić information content (AvgIpc) is 2.38. The van der Waals surface area contributed by atoms with E-state index in [4.69, 9.17) is 10.5 Å². The van der Waals surface area contributed by atoms with Crippen LogP contribution < -0.4 is 10.5 Å². The van der Waals surface area contributed by atoms with Crippen molar-refractivity contribution in [1.82, 2.24) is 4.90 Å². The molecule has 1 rings (SSSR count). The van der Waals surface area contributed by atoms with Crippen LogP contribution in [0.2, 0.25) is 0 Å². The molecule has 100 valence electrons. The number of nitrogen functional groups attached to an aromatic ring is 1. The van der Waals surface area contributed by atoms with Crippen LogP contribution in [0.3, 0.4) is 0 Å². The molecule has 2 N–H and O–H groups in total. The zero-order valence-electron chi connectivity index (χ0n) is 11.4. The van der Waals surface area contributed by atoms with Gasteiger partial charge >= 0.3 is 0 Å². The highest BCUT2D eigenvalue weighted by Gasteiger charge is 2.11. The molecule has 0 saturated carbocycles. The maximum Gasteiger partial charge on any atom is 0.176 e. The molecular weight excluding hydrogens is 228 g/mol. The van der Waals surface area contributed by atoms with Crippen molar-refractivity contribution in [3.63, 3.8) is 0 Å². The molecule has 0 unspecified atom stereocenters. The smallest absolute Gasteiger partial charge is 0.176 e. The number of nitrogens with two attached hydrogens (primary N) is 1. The van der Waals surface area contributed by atoms with Crippen LogP contribution in [0.1, 0.15) is 31.1 Å². The molecule has 0 heterocycles. The maximum absolute atomic E-state index is 12.1. The zero-order valence-corrected chi connectivity index (χ0v) is 11.4. The highest BCUT2D eigenvalue weighted by Crippen LogP contribution is 2.22. The lowest BCUT2D eigenvalue weighted by Gasteiger charge is -2.17. The fourth-order valence-electron chi connectivity index (χ4n) is 1.75. The largest absolute Gasteiger partial charge is 0.492 e. The summed E-state index contributed by atoms with van der Waals surface area (Å²) in [5, 5.41) is 0. The number of hydrogen-bond donors (Lipinski definition) is 1. The molecule has 0 radical (unpaired) electrons.